The molecule has 3 rings (SSSR count). The average molecular weight is 357 g/mol. The van der Waals surface area contributed by atoms with Gasteiger partial charge < -0.3 is 23.5 Å². The van der Waals surface area contributed by atoms with E-state index >= 15 is 0 Å². The van der Waals surface area contributed by atoms with Gasteiger partial charge in [0, 0.05) is 32.0 Å². The van der Waals surface area contributed by atoms with E-state index in [1.807, 2.05) is 35.9 Å². The summed E-state index contributed by atoms with van der Waals surface area (Å²) < 4.78 is 23.3. The summed E-state index contributed by atoms with van der Waals surface area (Å²) in [7, 11) is 5.19. The molecule has 0 N–H and O–H groups in total. The van der Waals surface area contributed by atoms with Crippen molar-refractivity contribution in [3.05, 3.63) is 46.6 Å². The van der Waals surface area contributed by atoms with Crippen LogP contribution in [0.1, 0.15) is 0 Å². The second kappa shape index (κ2) is 8.21. The minimum Gasteiger partial charge on any atom is -0.491 e. The normalized spacial score (nSPS) is 11.2. The molecule has 0 spiro atoms. The molecule has 1 aromatic heterocycles. The van der Waals surface area contributed by atoms with Gasteiger partial charge in [0.15, 0.2) is 5.43 Å². The number of aryl methyl sites for hydroxylation is 1. The molecule has 0 radical (unpaired) electrons. The lowest BCUT2D eigenvalue weighted by Crippen LogP contribution is -2.11. The second-order valence-electron chi connectivity index (χ2n) is 5.93. The summed E-state index contributed by atoms with van der Waals surface area (Å²) in [6.45, 7) is 1.87. The van der Waals surface area contributed by atoms with Crippen LogP contribution in [0.3, 0.4) is 0 Å². The molecule has 1 heterocycles. The number of aromatic nitrogens is 1. The predicted molar refractivity (Wildman–Crippen MR) is 101 cm³/mol. The molecule has 26 heavy (non-hydrogen) atoms. The molecule has 0 aliphatic heterocycles. The van der Waals surface area contributed by atoms with Crippen molar-refractivity contribution in [1.29, 1.82) is 0 Å². The van der Waals surface area contributed by atoms with Gasteiger partial charge >= 0.3 is 0 Å². The first-order valence-electron chi connectivity index (χ1n) is 8.45. The molecular formula is C20H23NO5. The van der Waals surface area contributed by atoms with Crippen LogP contribution in [0.5, 0.6) is 11.5 Å². The van der Waals surface area contributed by atoms with Crippen molar-refractivity contribution in [2.75, 3.05) is 40.6 Å². The van der Waals surface area contributed by atoms with E-state index in [1.54, 1.807) is 26.4 Å². The fourth-order valence-corrected chi connectivity index (χ4v) is 2.92. The molecule has 138 valence electrons. The highest BCUT2D eigenvalue weighted by Gasteiger charge is 2.11. The zero-order valence-corrected chi connectivity index (χ0v) is 15.3. The Labute approximate surface area is 151 Å². The molecule has 0 fully saturated rings. The van der Waals surface area contributed by atoms with Crippen LogP contribution in [-0.4, -0.2) is 45.2 Å². The fraction of sp³-hybridized carbons (Fsp3) is 0.350. The van der Waals surface area contributed by atoms with Gasteiger partial charge in [-0.1, -0.05) is 0 Å². The van der Waals surface area contributed by atoms with E-state index in [0.29, 0.717) is 48.7 Å². The van der Waals surface area contributed by atoms with Crippen molar-refractivity contribution >= 4 is 21.8 Å². The first kappa shape index (κ1) is 18.2. The van der Waals surface area contributed by atoms with Crippen molar-refractivity contribution < 1.29 is 18.9 Å². The molecule has 0 amide bonds. The Hall–Kier alpha value is -2.57. The molecular weight excluding hydrogens is 334 g/mol. The minimum atomic E-state index is -0.0394. The van der Waals surface area contributed by atoms with Gasteiger partial charge in [0.1, 0.15) is 24.7 Å². The predicted octanol–water partition coefficient (Wildman–Crippen LogP) is 2.74. The topological polar surface area (TPSA) is 58.9 Å². The zero-order chi connectivity index (χ0) is 18.5. The van der Waals surface area contributed by atoms with Gasteiger partial charge in [-0.05, 0) is 36.4 Å². The Morgan fingerprint density at radius 1 is 0.769 bits per heavy atom. The number of hydrogen-bond acceptors (Lipinski definition) is 5. The standard InChI is InChI=1S/C20H23NO5/c1-21-18-6-4-14(25-10-8-23-2)12-16(18)20(22)17-13-15(5-7-19(17)21)26-11-9-24-3/h4-7,12-13H,8-11H2,1-3H3. The monoisotopic (exact) mass is 357 g/mol. The van der Waals surface area contributed by atoms with Crippen LogP contribution in [0.4, 0.5) is 0 Å². The summed E-state index contributed by atoms with van der Waals surface area (Å²) in [6, 6.07) is 11.1. The van der Waals surface area contributed by atoms with Crippen molar-refractivity contribution in [3.8, 4) is 11.5 Å². The smallest absolute Gasteiger partial charge is 0.197 e. The van der Waals surface area contributed by atoms with E-state index in [9.17, 15) is 4.79 Å². The van der Waals surface area contributed by atoms with E-state index in [-0.39, 0.29) is 5.43 Å². The van der Waals surface area contributed by atoms with Gasteiger partial charge in [-0.3, -0.25) is 4.79 Å². The van der Waals surface area contributed by atoms with Crippen LogP contribution in [0.2, 0.25) is 0 Å². The molecule has 0 aliphatic rings. The van der Waals surface area contributed by atoms with E-state index in [0.717, 1.165) is 11.0 Å². The number of fused-ring (bicyclic) bond motifs is 2. The van der Waals surface area contributed by atoms with Gasteiger partial charge in [-0.25, -0.2) is 0 Å². The molecule has 6 nitrogen and oxygen atoms in total. The maximum Gasteiger partial charge on any atom is 0.197 e. The molecule has 0 unspecified atom stereocenters. The molecule has 0 bridgehead atoms. The number of rotatable bonds is 8. The summed E-state index contributed by atoms with van der Waals surface area (Å²) in [6.07, 6.45) is 0. The average Bonchev–Trinajstić information content (AvgIpc) is 2.66. The number of methoxy groups -OCH3 is 2. The van der Waals surface area contributed by atoms with E-state index in [1.165, 1.54) is 0 Å². The third-order valence-electron chi connectivity index (χ3n) is 4.26. The zero-order valence-electron chi connectivity index (χ0n) is 15.3. The summed E-state index contributed by atoms with van der Waals surface area (Å²) in [4.78, 5) is 13.0. The van der Waals surface area contributed by atoms with E-state index < -0.39 is 0 Å². The molecule has 0 aliphatic carbocycles. The quantitative estimate of drug-likeness (QED) is 0.458. The Morgan fingerprint density at radius 3 is 1.65 bits per heavy atom. The lowest BCUT2D eigenvalue weighted by Gasteiger charge is -2.13. The highest BCUT2D eigenvalue weighted by Crippen LogP contribution is 2.25. The van der Waals surface area contributed by atoms with E-state index in [2.05, 4.69) is 0 Å². The third kappa shape index (κ3) is 3.66. The molecule has 2 aromatic carbocycles. The third-order valence-corrected chi connectivity index (χ3v) is 4.26. The largest absolute Gasteiger partial charge is 0.491 e. The Bertz CT molecular complexity index is 890. The molecule has 0 saturated heterocycles. The van der Waals surface area contributed by atoms with Crippen molar-refractivity contribution in [1.82, 2.24) is 4.57 Å². The van der Waals surface area contributed by atoms with Crippen molar-refractivity contribution in [2.45, 2.75) is 0 Å². The molecule has 0 saturated carbocycles. The van der Waals surface area contributed by atoms with Gasteiger partial charge in [0.25, 0.3) is 0 Å². The Balaban J connectivity index is 2.05. The van der Waals surface area contributed by atoms with Crippen LogP contribution in [0.25, 0.3) is 21.8 Å². The highest BCUT2D eigenvalue weighted by molar-refractivity contribution is 5.94. The van der Waals surface area contributed by atoms with Crippen molar-refractivity contribution in [2.24, 2.45) is 7.05 Å². The molecule has 6 heteroatoms. The van der Waals surface area contributed by atoms with Crippen LogP contribution in [0, 0.1) is 0 Å². The fourth-order valence-electron chi connectivity index (χ4n) is 2.92. The maximum atomic E-state index is 13.0. The number of hydrogen-bond donors (Lipinski definition) is 0. The van der Waals surface area contributed by atoms with Gasteiger partial charge in [-0.2, -0.15) is 0 Å². The SMILES string of the molecule is COCCOc1ccc2c(c1)c(=O)c1cc(OCCOC)ccc1n2C. The Kier molecular flexibility index (Phi) is 5.75. The van der Waals surface area contributed by atoms with Crippen molar-refractivity contribution in [3.63, 3.8) is 0 Å². The minimum absolute atomic E-state index is 0.0394. The molecule has 0 atom stereocenters. The van der Waals surface area contributed by atoms with Crippen LogP contribution in [0.15, 0.2) is 41.2 Å². The first-order valence-corrected chi connectivity index (χ1v) is 8.45. The highest BCUT2D eigenvalue weighted by atomic mass is 16.5. The van der Waals surface area contributed by atoms with Crippen LogP contribution in [-0.2, 0) is 16.5 Å². The first-order chi connectivity index (χ1) is 12.7. The molecule has 3 aromatic rings. The second-order valence-corrected chi connectivity index (χ2v) is 5.93. The lowest BCUT2D eigenvalue weighted by molar-refractivity contribution is 0.146. The Morgan fingerprint density at radius 2 is 1.23 bits per heavy atom. The van der Waals surface area contributed by atoms with Crippen LogP contribution < -0.4 is 14.9 Å². The lowest BCUT2D eigenvalue weighted by atomic mass is 10.1. The summed E-state index contributed by atoms with van der Waals surface area (Å²) >= 11 is 0. The van der Waals surface area contributed by atoms with E-state index in [4.69, 9.17) is 18.9 Å². The van der Waals surface area contributed by atoms with Gasteiger partial charge in [0.2, 0.25) is 0 Å². The number of nitrogens with zero attached hydrogens (tertiary/aromatic N) is 1. The van der Waals surface area contributed by atoms with Crippen LogP contribution >= 0.6 is 0 Å². The number of pyridine rings is 1. The summed E-state index contributed by atoms with van der Waals surface area (Å²) in [5.41, 5.74) is 1.67. The number of benzene rings is 2. The maximum absolute atomic E-state index is 13.0. The summed E-state index contributed by atoms with van der Waals surface area (Å²) in [5, 5.41) is 1.23. The van der Waals surface area contributed by atoms with Gasteiger partial charge in [-0.15, -0.1) is 0 Å². The number of ether oxygens (including phenoxy) is 4. The summed E-state index contributed by atoms with van der Waals surface area (Å²) in [5.74, 6) is 1.30. The van der Waals surface area contributed by atoms with Gasteiger partial charge in [0.05, 0.1) is 24.2 Å².